The van der Waals surface area contributed by atoms with Crippen LogP contribution in [0.1, 0.15) is 19.3 Å². The SMILES string of the molecule is CN(C)CCCNc1nc(N)c([N+](=O)[O-])c(NCC2CCCO2)n1. The average Bonchev–Trinajstić information content (AvgIpc) is 3.02. The van der Waals surface area contributed by atoms with E-state index in [1.54, 1.807) is 0 Å². The number of nitrogen functional groups attached to an aromatic ring is 1. The Kier molecular flexibility index (Phi) is 6.50. The Labute approximate surface area is 140 Å². The zero-order valence-corrected chi connectivity index (χ0v) is 14.1. The van der Waals surface area contributed by atoms with Gasteiger partial charge in [-0.1, -0.05) is 0 Å². The number of hydrogen-bond acceptors (Lipinski definition) is 9. The van der Waals surface area contributed by atoms with Crippen LogP contribution < -0.4 is 16.4 Å². The highest BCUT2D eigenvalue weighted by Crippen LogP contribution is 2.29. The summed E-state index contributed by atoms with van der Waals surface area (Å²) in [5.74, 6) is 0.254. The molecule has 0 amide bonds. The summed E-state index contributed by atoms with van der Waals surface area (Å²) in [5.41, 5.74) is 5.45. The zero-order valence-electron chi connectivity index (χ0n) is 14.1. The van der Waals surface area contributed by atoms with E-state index >= 15 is 0 Å². The monoisotopic (exact) mass is 339 g/mol. The van der Waals surface area contributed by atoms with Crippen molar-refractivity contribution in [2.75, 3.05) is 56.7 Å². The lowest BCUT2D eigenvalue weighted by molar-refractivity contribution is -0.383. The van der Waals surface area contributed by atoms with Crippen molar-refractivity contribution in [1.29, 1.82) is 0 Å². The maximum absolute atomic E-state index is 11.2. The van der Waals surface area contributed by atoms with Crippen molar-refractivity contribution in [2.24, 2.45) is 0 Å². The Morgan fingerprint density at radius 3 is 2.83 bits per heavy atom. The second-order valence-electron chi connectivity index (χ2n) is 5.99. The van der Waals surface area contributed by atoms with Crippen LogP contribution in [0.3, 0.4) is 0 Å². The number of ether oxygens (including phenoxy) is 1. The fourth-order valence-corrected chi connectivity index (χ4v) is 2.47. The molecule has 1 atom stereocenters. The highest BCUT2D eigenvalue weighted by atomic mass is 16.6. The summed E-state index contributed by atoms with van der Waals surface area (Å²) in [6, 6.07) is 0. The molecular formula is C14H25N7O3. The third kappa shape index (κ3) is 5.17. The van der Waals surface area contributed by atoms with Gasteiger partial charge in [-0.3, -0.25) is 10.1 Å². The molecule has 1 saturated heterocycles. The molecule has 1 unspecified atom stereocenters. The number of nitro groups is 1. The molecule has 1 aliphatic heterocycles. The molecule has 0 saturated carbocycles. The van der Waals surface area contributed by atoms with Crippen molar-refractivity contribution in [3.8, 4) is 0 Å². The van der Waals surface area contributed by atoms with E-state index in [4.69, 9.17) is 10.5 Å². The molecule has 0 spiro atoms. The molecular weight excluding hydrogens is 314 g/mol. The van der Waals surface area contributed by atoms with Crippen molar-refractivity contribution in [3.05, 3.63) is 10.1 Å². The standard InChI is InChI=1S/C14H25N7O3/c1-20(2)7-4-6-16-14-18-12(15)11(21(22)23)13(19-14)17-9-10-5-3-8-24-10/h10H,3-9H2,1-2H3,(H4,15,16,17,18,19). The van der Waals surface area contributed by atoms with Gasteiger partial charge in [0.25, 0.3) is 0 Å². The van der Waals surface area contributed by atoms with Crippen LogP contribution in [0.25, 0.3) is 0 Å². The molecule has 1 aromatic rings. The first-order valence-corrected chi connectivity index (χ1v) is 8.03. The third-order valence-corrected chi connectivity index (χ3v) is 3.68. The molecule has 10 heteroatoms. The molecule has 24 heavy (non-hydrogen) atoms. The summed E-state index contributed by atoms with van der Waals surface area (Å²) in [7, 11) is 3.99. The first-order valence-electron chi connectivity index (χ1n) is 8.03. The van der Waals surface area contributed by atoms with Crippen molar-refractivity contribution < 1.29 is 9.66 Å². The van der Waals surface area contributed by atoms with Crippen molar-refractivity contribution in [2.45, 2.75) is 25.4 Å². The summed E-state index contributed by atoms with van der Waals surface area (Å²) in [6.07, 6.45) is 2.86. The van der Waals surface area contributed by atoms with Gasteiger partial charge < -0.3 is 26.0 Å². The van der Waals surface area contributed by atoms with Gasteiger partial charge in [0.2, 0.25) is 17.6 Å². The second-order valence-corrected chi connectivity index (χ2v) is 5.99. The van der Waals surface area contributed by atoms with Crippen LogP contribution in [-0.2, 0) is 4.74 Å². The minimum Gasteiger partial charge on any atom is -0.378 e. The van der Waals surface area contributed by atoms with Crippen molar-refractivity contribution in [1.82, 2.24) is 14.9 Å². The maximum Gasteiger partial charge on any atom is 0.353 e. The molecule has 2 heterocycles. The topological polar surface area (TPSA) is 131 Å². The molecule has 0 bridgehead atoms. The number of hydrogen-bond donors (Lipinski definition) is 3. The fraction of sp³-hybridized carbons (Fsp3) is 0.714. The average molecular weight is 339 g/mol. The fourth-order valence-electron chi connectivity index (χ4n) is 2.47. The van der Waals surface area contributed by atoms with E-state index in [2.05, 4.69) is 25.5 Å². The molecule has 2 rings (SSSR count). The van der Waals surface area contributed by atoms with E-state index in [1.165, 1.54) is 0 Å². The highest BCUT2D eigenvalue weighted by Gasteiger charge is 2.24. The van der Waals surface area contributed by atoms with E-state index in [9.17, 15) is 10.1 Å². The van der Waals surface area contributed by atoms with E-state index < -0.39 is 4.92 Å². The summed E-state index contributed by atoms with van der Waals surface area (Å²) >= 11 is 0. The quantitative estimate of drug-likeness (QED) is 0.341. The number of aromatic nitrogens is 2. The van der Waals surface area contributed by atoms with Gasteiger partial charge in [-0.2, -0.15) is 9.97 Å². The molecule has 10 nitrogen and oxygen atoms in total. The van der Waals surface area contributed by atoms with Gasteiger partial charge in [0.1, 0.15) is 0 Å². The van der Waals surface area contributed by atoms with Crippen molar-refractivity contribution >= 4 is 23.3 Å². The van der Waals surface area contributed by atoms with Gasteiger partial charge in [0, 0.05) is 19.7 Å². The molecule has 134 valence electrons. The Bertz CT molecular complexity index is 562. The number of anilines is 3. The first kappa shape index (κ1) is 18.1. The van der Waals surface area contributed by atoms with Crippen LogP contribution in [0.15, 0.2) is 0 Å². The summed E-state index contributed by atoms with van der Waals surface area (Å²) in [5, 5.41) is 17.3. The predicted molar refractivity (Wildman–Crippen MR) is 92.2 cm³/mol. The van der Waals surface area contributed by atoms with Crippen LogP contribution in [0.5, 0.6) is 0 Å². The Hall–Kier alpha value is -2.20. The number of nitrogens with one attached hydrogen (secondary N) is 2. The van der Waals surface area contributed by atoms with Crippen LogP contribution in [-0.4, -0.2) is 66.2 Å². The lowest BCUT2D eigenvalue weighted by Gasteiger charge is -2.14. The number of rotatable bonds is 9. The zero-order chi connectivity index (χ0) is 17.5. The van der Waals surface area contributed by atoms with Gasteiger partial charge in [-0.25, -0.2) is 0 Å². The molecule has 0 radical (unpaired) electrons. The second kappa shape index (κ2) is 8.60. The minimum absolute atomic E-state index is 0.0392. The van der Waals surface area contributed by atoms with Gasteiger partial charge >= 0.3 is 5.69 Å². The predicted octanol–water partition coefficient (Wildman–Crippen LogP) is 0.921. The number of nitrogens with zero attached hydrogens (tertiary/aromatic N) is 4. The molecule has 4 N–H and O–H groups in total. The summed E-state index contributed by atoms with van der Waals surface area (Å²) in [6.45, 7) is 2.75. The van der Waals surface area contributed by atoms with Gasteiger partial charge in [-0.15, -0.1) is 0 Å². The van der Waals surface area contributed by atoms with Gasteiger partial charge in [-0.05, 0) is 39.9 Å². The Morgan fingerprint density at radius 1 is 1.42 bits per heavy atom. The normalized spacial score (nSPS) is 17.2. The number of nitrogens with two attached hydrogens (primary N) is 1. The Morgan fingerprint density at radius 2 is 2.21 bits per heavy atom. The minimum atomic E-state index is -0.566. The van der Waals surface area contributed by atoms with Crippen LogP contribution in [0.4, 0.5) is 23.3 Å². The molecule has 0 aliphatic carbocycles. The van der Waals surface area contributed by atoms with Crippen LogP contribution in [0, 0.1) is 10.1 Å². The highest BCUT2D eigenvalue weighted by molar-refractivity contribution is 5.69. The van der Waals surface area contributed by atoms with E-state index in [1.807, 2.05) is 14.1 Å². The van der Waals surface area contributed by atoms with Gasteiger partial charge in [0.15, 0.2) is 0 Å². The lowest BCUT2D eigenvalue weighted by Crippen LogP contribution is -2.21. The van der Waals surface area contributed by atoms with E-state index in [-0.39, 0.29) is 29.4 Å². The lowest BCUT2D eigenvalue weighted by atomic mass is 10.2. The third-order valence-electron chi connectivity index (χ3n) is 3.68. The first-order chi connectivity index (χ1) is 11.5. The Balaban J connectivity index is 2.04. The maximum atomic E-state index is 11.2. The molecule has 1 fully saturated rings. The van der Waals surface area contributed by atoms with Gasteiger partial charge in [0.05, 0.1) is 11.0 Å². The molecule has 1 aliphatic rings. The van der Waals surface area contributed by atoms with E-state index in [0.29, 0.717) is 13.1 Å². The van der Waals surface area contributed by atoms with Crippen molar-refractivity contribution in [3.63, 3.8) is 0 Å². The summed E-state index contributed by atoms with van der Waals surface area (Å²) < 4.78 is 5.51. The van der Waals surface area contributed by atoms with Crippen LogP contribution in [0.2, 0.25) is 0 Å². The van der Waals surface area contributed by atoms with Crippen LogP contribution >= 0.6 is 0 Å². The smallest absolute Gasteiger partial charge is 0.353 e. The summed E-state index contributed by atoms with van der Waals surface area (Å²) in [4.78, 5) is 20.9. The largest absolute Gasteiger partial charge is 0.378 e. The molecule has 0 aromatic carbocycles. The molecule has 1 aromatic heterocycles. The van der Waals surface area contributed by atoms with E-state index in [0.717, 1.165) is 32.4 Å².